The third-order valence-corrected chi connectivity index (χ3v) is 7.65. The molecule has 1 aliphatic rings. The lowest BCUT2D eigenvalue weighted by Crippen LogP contribution is -2.05. The molecule has 42 heavy (non-hydrogen) atoms. The molecule has 0 spiro atoms. The normalized spacial score (nSPS) is 14.4. The highest BCUT2D eigenvalue weighted by molar-refractivity contribution is 5.77. The van der Waals surface area contributed by atoms with Gasteiger partial charge in [0.15, 0.2) is 17.5 Å². The van der Waals surface area contributed by atoms with E-state index in [1.807, 2.05) is 12.1 Å². The van der Waals surface area contributed by atoms with E-state index in [9.17, 15) is 0 Å². The van der Waals surface area contributed by atoms with Crippen LogP contribution in [0.3, 0.4) is 0 Å². The Morgan fingerprint density at radius 2 is 0.881 bits per heavy atom. The predicted molar refractivity (Wildman–Crippen MR) is 172 cm³/mol. The maximum absolute atomic E-state index is 5.05. The van der Waals surface area contributed by atoms with E-state index >= 15 is 0 Å². The summed E-state index contributed by atoms with van der Waals surface area (Å²) in [6.07, 6.45) is 7.61. The van der Waals surface area contributed by atoms with Gasteiger partial charge in [0.25, 0.3) is 0 Å². The van der Waals surface area contributed by atoms with Gasteiger partial charge in [0.05, 0.1) is 0 Å². The minimum absolute atomic E-state index is 0.276. The van der Waals surface area contributed by atoms with E-state index < -0.39 is 0 Å². The number of rotatable bonds is 6. The van der Waals surface area contributed by atoms with Crippen molar-refractivity contribution >= 4 is 5.57 Å². The largest absolute Gasteiger partial charge is 0.208 e. The molecule has 5 aromatic carbocycles. The standard InChI is InChI=1S/C39H29N3/c1-4-13-28(14-5-1)31-19-10-22-34(25-31)37-40-38(35-23-11-20-32(26-35)29-15-6-2-7-16-29)42-39(41-37)36-24-12-21-33(27-36)30-17-8-3-9-18-30/h1-20,22-27,33H,21H2. The molecule has 7 rings (SSSR count). The number of hydrogen-bond donors (Lipinski definition) is 0. The molecule has 0 saturated heterocycles. The molecule has 0 amide bonds. The Hall–Kier alpha value is -5.41. The lowest BCUT2D eigenvalue weighted by atomic mass is 9.89. The maximum Gasteiger partial charge on any atom is 0.164 e. The van der Waals surface area contributed by atoms with Gasteiger partial charge in [0, 0.05) is 22.6 Å². The SMILES string of the molecule is C1=CC(c2nc(-c3cccc(-c4ccccc4)c3)nc(-c3cccc(-c4ccccc4)c3)n2)=CC(c2ccccc2)C1. The highest BCUT2D eigenvalue weighted by Gasteiger charge is 2.18. The summed E-state index contributed by atoms with van der Waals surface area (Å²) in [7, 11) is 0. The van der Waals surface area contributed by atoms with Crippen LogP contribution in [0.1, 0.15) is 23.7 Å². The molecule has 6 aromatic rings. The van der Waals surface area contributed by atoms with Gasteiger partial charge in [-0.15, -0.1) is 0 Å². The van der Waals surface area contributed by atoms with E-state index in [1.165, 1.54) is 5.56 Å². The molecule has 3 heteroatoms. The van der Waals surface area contributed by atoms with Crippen molar-refractivity contribution in [3.05, 3.63) is 169 Å². The zero-order valence-corrected chi connectivity index (χ0v) is 23.1. The van der Waals surface area contributed by atoms with Gasteiger partial charge >= 0.3 is 0 Å². The van der Waals surface area contributed by atoms with Crippen molar-refractivity contribution in [1.82, 2.24) is 15.0 Å². The summed E-state index contributed by atoms with van der Waals surface area (Å²) >= 11 is 0. The van der Waals surface area contributed by atoms with E-state index in [0.29, 0.717) is 17.5 Å². The van der Waals surface area contributed by atoms with Crippen molar-refractivity contribution < 1.29 is 0 Å². The van der Waals surface area contributed by atoms with Crippen LogP contribution in [-0.4, -0.2) is 15.0 Å². The molecule has 0 N–H and O–H groups in total. The van der Waals surface area contributed by atoms with Gasteiger partial charge in [-0.1, -0.05) is 146 Å². The molecule has 200 valence electrons. The van der Waals surface area contributed by atoms with Gasteiger partial charge < -0.3 is 0 Å². The summed E-state index contributed by atoms with van der Waals surface area (Å²) < 4.78 is 0. The van der Waals surface area contributed by atoms with Crippen LogP contribution < -0.4 is 0 Å². The second-order valence-corrected chi connectivity index (χ2v) is 10.5. The quantitative estimate of drug-likeness (QED) is 0.211. The van der Waals surface area contributed by atoms with E-state index in [4.69, 9.17) is 15.0 Å². The van der Waals surface area contributed by atoms with E-state index in [2.05, 4.69) is 146 Å². The summed E-state index contributed by atoms with van der Waals surface area (Å²) in [6.45, 7) is 0. The van der Waals surface area contributed by atoms with Crippen LogP contribution in [0, 0.1) is 0 Å². The van der Waals surface area contributed by atoms with Gasteiger partial charge in [-0.05, 0) is 46.4 Å². The first-order valence-electron chi connectivity index (χ1n) is 14.3. The zero-order valence-electron chi connectivity index (χ0n) is 23.1. The average Bonchev–Trinajstić information content (AvgIpc) is 3.09. The van der Waals surface area contributed by atoms with Crippen molar-refractivity contribution in [2.75, 3.05) is 0 Å². The summed E-state index contributed by atoms with van der Waals surface area (Å²) in [5.41, 5.74) is 8.80. The first-order valence-corrected chi connectivity index (χ1v) is 14.3. The molecule has 1 aromatic heterocycles. The topological polar surface area (TPSA) is 38.7 Å². The van der Waals surface area contributed by atoms with Crippen LogP contribution >= 0.6 is 0 Å². The average molecular weight is 540 g/mol. The third kappa shape index (κ3) is 5.45. The second-order valence-electron chi connectivity index (χ2n) is 10.5. The van der Waals surface area contributed by atoms with E-state index in [0.717, 1.165) is 45.4 Å². The van der Waals surface area contributed by atoms with Crippen molar-refractivity contribution in [1.29, 1.82) is 0 Å². The Labute approximate surface area is 246 Å². The summed E-state index contributed by atoms with van der Waals surface area (Å²) in [6, 6.07) is 48.3. The van der Waals surface area contributed by atoms with Crippen molar-refractivity contribution in [3.8, 4) is 45.0 Å². The Morgan fingerprint density at radius 3 is 1.43 bits per heavy atom. The lowest BCUT2D eigenvalue weighted by Gasteiger charge is -2.17. The summed E-state index contributed by atoms with van der Waals surface area (Å²) in [4.78, 5) is 15.2. The van der Waals surface area contributed by atoms with Gasteiger partial charge in [0.1, 0.15) is 0 Å². The Balaban J connectivity index is 1.36. The highest BCUT2D eigenvalue weighted by Crippen LogP contribution is 2.33. The number of hydrogen-bond acceptors (Lipinski definition) is 3. The van der Waals surface area contributed by atoms with Crippen LogP contribution in [0.25, 0.3) is 50.6 Å². The van der Waals surface area contributed by atoms with Crippen molar-refractivity contribution in [2.24, 2.45) is 0 Å². The molecule has 0 aliphatic heterocycles. The number of nitrogens with zero attached hydrogens (tertiary/aromatic N) is 3. The minimum Gasteiger partial charge on any atom is -0.208 e. The fraction of sp³-hybridized carbons (Fsp3) is 0.0513. The number of allylic oxidation sites excluding steroid dienone is 4. The first-order chi connectivity index (χ1) is 20.8. The summed E-state index contributed by atoms with van der Waals surface area (Å²) in [5, 5.41) is 0. The molecule has 1 aliphatic carbocycles. The van der Waals surface area contributed by atoms with Gasteiger partial charge in [-0.2, -0.15) is 0 Å². The maximum atomic E-state index is 5.05. The molecule has 1 atom stereocenters. The molecule has 0 fully saturated rings. The van der Waals surface area contributed by atoms with Crippen LogP contribution in [0.5, 0.6) is 0 Å². The van der Waals surface area contributed by atoms with E-state index in [-0.39, 0.29) is 5.92 Å². The van der Waals surface area contributed by atoms with Gasteiger partial charge in [0.2, 0.25) is 0 Å². The Kier molecular flexibility index (Phi) is 7.06. The van der Waals surface area contributed by atoms with Crippen LogP contribution in [-0.2, 0) is 0 Å². The number of aromatic nitrogens is 3. The minimum atomic E-state index is 0.276. The summed E-state index contributed by atoms with van der Waals surface area (Å²) in [5.74, 6) is 2.28. The third-order valence-electron chi connectivity index (χ3n) is 7.65. The smallest absolute Gasteiger partial charge is 0.164 e. The van der Waals surface area contributed by atoms with Crippen LogP contribution in [0.15, 0.2) is 158 Å². The molecule has 0 bridgehead atoms. The van der Waals surface area contributed by atoms with Crippen molar-refractivity contribution in [2.45, 2.75) is 12.3 Å². The highest BCUT2D eigenvalue weighted by atomic mass is 15.0. The molecule has 1 unspecified atom stereocenters. The first kappa shape index (κ1) is 25.6. The predicted octanol–water partition coefficient (Wildman–Crippen LogP) is 9.67. The monoisotopic (exact) mass is 539 g/mol. The van der Waals surface area contributed by atoms with Crippen LogP contribution in [0.2, 0.25) is 0 Å². The number of benzene rings is 5. The van der Waals surface area contributed by atoms with Crippen molar-refractivity contribution in [3.63, 3.8) is 0 Å². The van der Waals surface area contributed by atoms with E-state index in [1.54, 1.807) is 0 Å². The Morgan fingerprint density at radius 1 is 0.429 bits per heavy atom. The molecule has 0 saturated carbocycles. The molecular formula is C39H29N3. The zero-order chi connectivity index (χ0) is 28.1. The van der Waals surface area contributed by atoms with Gasteiger partial charge in [-0.3, -0.25) is 0 Å². The van der Waals surface area contributed by atoms with Crippen LogP contribution in [0.4, 0.5) is 0 Å². The molecule has 1 heterocycles. The fourth-order valence-corrected chi connectivity index (χ4v) is 5.46. The lowest BCUT2D eigenvalue weighted by molar-refractivity contribution is 0.854. The van der Waals surface area contributed by atoms with Gasteiger partial charge in [-0.25, -0.2) is 15.0 Å². The molecule has 3 nitrogen and oxygen atoms in total. The molecular weight excluding hydrogens is 510 g/mol. The Bertz CT molecular complexity index is 1790. The fourth-order valence-electron chi connectivity index (χ4n) is 5.46. The second kappa shape index (κ2) is 11.6. The molecule has 0 radical (unpaired) electrons.